The van der Waals surface area contributed by atoms with Crippen molar-refractivity contribution in [3.05, 3.63) is 30.3 Å². The van der Waals surface area contributed by atoms with E-state index in [1.54, 1.807) is 32.9 Å². The Kier molecular flexibility index (Phi) is 5.55. The fourth-order valence-corrected chi connectivity index (χ4v) is 1.66. The maximum Gasteiger partial charge on any atom is 0.326 e. The Morgan fingerprint density at radius 1 is 1.25 bits per heavy atom. The van der Waals surface area contributed by atoms with E-state index >= 15 is 0 Å². The minimum atomic E-state index is -1.03. The zero-order valence-electron chi connectivity index (χ0n) is 12.1. The van der Waals surface area contributed by atoms with Crippen molar-refractivity contribution in [3.63, 3.8) is 0 Å². The molecule has 1 unspecified atom stereocenters. The van der Waals surface area contributed by atoms with Crippen molar-refractivity contribution >= 4 is 11.9 Å². The summed E-state index contributed by atoms with van der Waals surface area (Å²) in [6.45, 7) is 5.53. The van der Waals surface area contributed by atoms with Gasteiger partial charge in [-0.2, -0.15) is 0 Å². The zero-order valence-corrected chi connectivity index (χ0v) is 12.1. The molecule has 110 valence electrons. The van der Waals surface area contributed by atoms with Crippen molar-refractivity contribution in [3.8, 4) is 5.75 Å². The average molecular weight is 279 g/mol. The third kappa shape index (κ3) is 5.30. The molecule has 1 amide bonds. The van der Waals surface area contributed by atoms with Gasteiger partial charge in [-0.3, -0.25) is 4.79 Å². The molecule has 0 aliphatic rings. The molecule has 0 bridgehead atoms. The number of carboxylic acids is 1. The summed E-state index contributed by atoms with van der Waals surface area (Å²) in [7, 11) is 0. The first-order valence-electron chi connectivity index (χ1n) is 6.50. The largest absolute Gasteiger partial charge is 0.493 e. The van der Waals surface area contributed by atoms with E-state index in [4.69, 9.17) is 9.84 Å². The second-order valence-electron chi connectivity index (χ2n) is 5.62. The minimum absolute atomic E-state index is 0.120. The maximum absolute atomic E-state index is 11.7. The van der Waals surface area contributed by atoms with E-state index in [1.165, 1.54) is 0 Å². The van der Waals surface area contributed by atoms with Crippen molar-refractivity contribution < 1.29 is 19.4 Å². The van der Waals surface area contributed by atoms with Crippen LogP contribution in [0, 0.1) is 5.41 Å². The summed E-state index contributed by atoms with van der Waals surface area (Å²) in [6.07, 6.45) is 0.120. The fraction of sp³-hybridized carbons (Fsp3) is 0.467. The number of benzene rings is 1. The van der Waals surface area contributed by atoms with Crippen LogP contribution in [0.4, 0.5) is 0 Å². The Balaban J connectivity index is 2.41. The lowest BCUT2D eigenvalue weighted by atomic mass is 9.86. The van der Waals surface area contributed by atoms with Crippen molar-refractivity contribution in [1.82, 2.24) is 5.32 Å². The van der Waals surface area contributed by atoms with Crippen molar-refractivity contribution in [2.24, 2.45) is 5.41 Å². The van der Waals surface area contributed by atoms with Crippen LogP contribution in [-0.4, -0.2) is 29.6 Å². The monoisotopic (exact) mass is 279 g/mol. The number of carboxylic acid groups (broad SMARTS) is 1. The molecule has 0 saturated heterocycles. The number of carbonyl (C=O) groups is 2. The van der Waals surface area contributed by atoms with Gasteiger partial charge in [0.05, 0.1) is 13.0 Å². The van der Waals surface area contributed by atoms with E-state index in [-0.39, 0.29) is 18.9 Å². The van der Waals surface area contributed by atoms with Gasteiger partial charge in [0.15, 0.2) is 0 Å². The molecule has 1 aromatic carbocycles. The van der Waals surface area contributed by atoms with E-state index in [2.05, 4.69) is 5.32 Å². The molecule has 0 aliphatic carbocycles. The third-order valence-electron chi connectivity index (χ3n) is 2.76. The summed E-state index contributed by atoms with van der Waals surface area (Å²) < 4.78 is 5.40. The molecule has 5 nitrogen and oxygen atoms in total. The molecule has 0 aromatic heterocycles. The van der Waals surface area contributed by atoms with Gasteiger partial charge >= 0.3 is 5.97 Å². The predicted octanol–water partition coefficient (Wildman–Crippen LogP) is 2.07. The van der Waals surface area contributed by atoms with Crippen molar-refractivity contribution in [2.75, 3.05) is 6.61 Å². The molecule has 2 N–H and O–H groups in total. The fourth-order valence-electron chi connectivity index (χ4n) is 1.66. The number of carbonyl (C=O) groups excluding carboxylic acids is 1. The molecule has 0 spiro atoms. The second-order valence-corrected chi connectivity index (χ2v) is 5.62. The third-order valence-corrected chi connectivity index (χ3v) is 2.76. The number of ether oxygens (including phenoxy) is 1. The summed E-state index contributed by atoms with van der Waals surface area (Å²) in [5, 5.41) is 11.6. The Labute approximate surface area is 118 Å². The number of rotatable bonds is 6. The Bertz CT molecular complexity index is 451. The first-order valence-corrected chi connectivity index (χ1v) is 6.50. The molecule has 1 atom stereocenters. The maximum atomic E-state index is 11.7. The van der Waals surface area contributed by atoms with Crippen LogP contribution in [-0.2, 0) is 9.59 Å². The molecule has 0 saturated carbocycles. The van der Waals surface area contributed by atoms with Crippen LogP contribution in [0.3, 0.4) is 0 Å². The highest BCUT2D eigenvalue weighted by molar-refractivity contribution is 5.84. The topological polar surface area (TPSA) is 75.6 Å². The highest BCUT2D eigenvalue weighted by Crippen LogP contribution is 2.19. The molecule has 20 heavy (non-hydrogen) atoms. The number of para-hydroxylation sites is 1. The first-order chi connectivity index (χ1) is 9.30. The van der Waals surface area contributed by atoms with Crippen LogP contribution in [0.2, 0.25) is 0 Å². The van der Waals surface area contributed by atoms with Gasteiger partial charge in [0, 0.05) is 0 Å². The van der Waals surface area contributed by atoms with Gasteiger partial charge in [-0.05, 0) is 17.5 Å². The molecule has 5 heteroatoms. The summed E-state index contributed by atoms with van der Waals surface area (Å²) in [5.74, 6) is -0.677. The smallest absolute Gasteiger partial charge is 0.326 e. The molecule has 1 aromatic rings. The van der Waals surface area contributed by atoms with Gasteiger partial charge in [-0.1, -0.05) is 39.0 Å². The second kappa shape index (κ2) is 6.93. The van der Waals surface area contributed by atoms with E-state index < -0.39 is 17.4 Å². The standard InChI is InChI=1S/C15H21NO4/c1-15(2,3)13(14(18)19)16-12(17)9-10-20-11-7-5-4-6-8-11/h4-8,13H,9-10H2,1-3H3,(H,16,17)(H,18,19). The Morgan fingerprint density at radius 3 is 2.35 bits per heavy atom. The van der Waals surface area contributed by atoms with Gasteiger partial charge in [0.1, 0.15) is 11.8 Å². The molecule has 0 fully saturated rings. The Hall–Kier alpha value is -2.04. The van der Waals surface area contributed by atoms with Crippen LogP contribution >= 0.6 is 0 Å². The average Bonchev–Trinajstić information content (AvgIpc) is 2.35. The number of hydrogen-bond acceptors (Lipinski definition) is 3. The highest BCUT2D eigenvalue weighted by Gasteiger charge is 2.32. The normalized spacial score (nSPS) is 12.6. The quantitative estimate of drug-likeness (QED) is 0.836. The number of nitrogens with one attached hydrogen (secondary N) is 1. The molecule has 0 aliphatic heterocycles. The van der Waals surface area contributed by atoms with E-state index in [1.807, 2.05) is 18.2 Å². The highest BCUT2D eigenvalue weighted by atomic mass is 16.5. The van der Waals surface area contributed by atoms with E-state index in [0.29, 0.717) is 5.75 Å². The first kappa shape index (κ1) is 16.0. The van der Waals surface area contributed by atoms with Crippen LogP contribution in [0.1, 0.15) is 27.2 Å². The van der Waals surface area contributed by atoms with E-state index in [9.17, 15) is 9.59 Å². The summed E-state index contributed by atoms with van der Waals surface area (Å²) in [5.41, 5.74) is -0.540. The van der Waals surface area contributed by atoms with Gasteiger partial charge < -0.3 is 15.2 Å². The molecule has 0 heterocycles. The van der Waals surface area contributed by atoms with Crippen LogP contribution in [0.5, 0.6) is 5.75 Å². The summed E-state index contributed by atoms with van der Waals surface area (Å²) >= 11 is 0. The van der Waals surface area contributed by atoms with Crippen LogP contribution in [0.25, 0.3) is 0 Å². The van der Waals surface area contributed by atoms with Gasteiger partial charge in [0.25, 0.3) is 0 Å². The lowest BCUT2D eigenvalue weighted by Crippen LogP contribution is -2.49. The zero-order chi connectivity index (χ0) is 15.2. The SMILES string of the molecule is CC(C)(C)C(NC(=O)CCOc1ccccc1)C(=O)O. The van der Waals surface area contributed by atoms with Gasteiger partial charge in [-0.15, -0.1) is 0 Å². The molecular weight excluding hydrogens is 258 g/mol. The number of aliphatic carboxylic acids is 1. The van der Waals surface area contributed by atoms with E-state index in [0.717, 1.165) is 0 Å². The molecule has 0 radical (unpaired) electrons. The van der Waals surface area contributed by atoms with Crippen LogP contribution in [0.15, 0.2) is 30.3 Å². The van der Waals surface area contributed by atoms with Gasteiger partial charge in [0.2, 0.25) is 5.91 Å². The predicted molar refractivity (Wildman–Crippen MR) is 75.6 cm³/mol. The lowest BCUT2D eigenvalue weighted by Gasteiger charge is -2.27. The minimum Gasteiger partial charge on any atom is -0.493 e. The van der Waals surface area contributed by atoms with Crippen molar-refractivity contribution in [2.45, 2.75) is 33.2 Å². The lowest BCUT2D eigenvalue weighted by molar-refractivity contribution is -0.145. The summed E-state index contributed by atoms with van der Waals surface area (Å²) in [6, 6.07) is 8.25. The van der Waals surface area contributed by atoms with Gasteiger partial charge in [-0.25, -0.2) is 4.79 Å². The summed E-state index contributed by atoms with van der Waals surface area (Å²) in [4.78, 5) is 22.9. The molecule has 1 rings (SSSR count). The van der Waals surface area contributed by atoms with Crippen LogP contribution < -0.4 is 10.1 Å². The van der Waals surface area contributed by atoms with Crippen molar-refractivity contribution in [1.29, 1.82) is 0 Å². The number of hydrogen-bond donors (Lipinski definition) is 2. The molecular formula is C15H21NO4. The number of amides is 1. The Morgan fingerprint density at radius 2 is 1.85 bits per heavy atom.